The Morgan fingerprint density at radius 3 is 2.83 bits per heavy atom. The average molecular weight is 392 g/mol. The van der Waals surface area contributed by atoms with Crippen LogP contribution in [0.4, 0.5) is 0 Å². The molecule has 2 aromatic rings. The van der Waals surface area contributed by atoms with Gasteiger partial charge in [-0.3, -0.25) is 4.79 Å². The maximum Gasteiger partial charge on any atom is 0.222 e. The van der Waals surface area contributed by atoms with Crippen molar-refractivity contribution in [2.24, 2.45) is 5.92 Å². The molecule has 1 aliphatic carbocycles. The van der Waals surface area contributed by atoms with Crippen LogP contribution in [-0.2, 0) is 21.4 Å². The number of nitrogens with zero attached hydrogens (tertiary/aromatic N) is 3. The molecule has 3 heterocycles. The van der Waals surface area contributed by atoms with E-state index in [1.54, 1.807) is 0 Å². The van der Waals surface area contributed by atoms with Crippen molar-refractivity contribution in [3.8, 4) is 11.4 Å². The Bertz CT molecular complexity index is 875. The number of carbonyl (C=O) groups excluding carboxylic acids is 1. The van der Waals surface area contributed by atoms with E-state index in [1.165, 1.54) is 11.3 Å². The van der Waals surface area contributed by atoms with Gasteiger partial charge in [-0.2, -0.15) is 0 Å². The van der Waals surface area contributed by atoms with E-state index >= 15 is 0 Å². The minimum absolute atomic E-state index is 0.00535. The van der Waals surface area contributed by atoms with Gasteiger partial charge in [0.05, 0.1) is 5.69 Å². The molecular weight excluding hydrogens is 362 g/mol. The first-order chi connectivity index (χ1) is 14.2. The first-order valence-corrected chi connectivity index (χ1v) is 11.0. The van der Waals surface area contributed by atoms with Gasteiger partial charge in [0.15, 0.2) is 5.82 Å². The highest BCUT2D eigenvalue weighted by molar-refractivity contribution is 5.77. The van der Waals surface area contributed by atoms with E-state index in [9.17, 15) is 4.79 Å². The summed E-state index contributed by atoms with van der Waals surface area (Å²) in [7, 11) is 0. The molecular formula is C24H29N3O2. The lowest BCUT2D eigenvalue weighted by atomic mass is 9.77. The highest BCUT2D eigenvalue weighted by Gasteiger charge is 2.44. The van der Waals surface area contributed by atoms with E-state index in [0.717, 1.165) is 76.2 Å². The van der Waals surface area contributed by atoms with Gasteiger partial charge in [-0.25, -0.2) is 9.97 Å². The molecule has 0 N–H and O–H groups in total. The zero-order chi connectivity index (χ0) is 19.7. The zero-order valence-corrected chi connectivity index (χ0v) is 17.0. The third kappa shape index (κ3) is 3.68. The number of hydrogen-bond acceptors (Lipinski definition) is 4. The minimum atomic E-state index is 0.00535. The van der Waals surface area contributed by atoms with Crippen molar-refractivity contribution < 1.29 is 9.53 Å². The quantitative estimate of drug-likeness (QED) is 0.799. The summed E-state index contributed by atoms with van der Waals surface area (Å²) in [5, 5.41) is 0. The van der Waals surface area contributed by atoms with Crippen LogP contribution in [0.1, 0.15) is 49.8 Å². The minimum Gasteiger partial charge on any atom is -0.381 e. The maximum atomic E-state index is 13.1. The van der Waals surface area contributed by atoms with Crippen LogP contribution in [0, 0.1) is 5.92 Å². The van der Waals surface area contributed by atoms with Crippen LogP contribution in [0.15, 0.2) is 36.5 Å². The molecule has 29 heavy (non-hydrogen) atoms. The fourth-order valence-corrected chi connectivity index (χ4v) is 5.34. The number of benzene rings is 1. The van der Waals surface area contributed by atoms with E-state index in [2.05, 4.69) is 22.0 Å². The molecule has 2 aliphatic heterocycles. The Hall–Kier alpha value is -2.27. The van der Waals surface area contributed by atoms with Crippen LogP contribution in [0.2, 0.25) is 0 Å². The molecule has 5 rings (SSSR count). The summed E-state index contributed by atoms with van der Waals surface area (Å²) in [5.74, 6) is 1.61. The van der Waals surface area contributed by atoms with E-state index in [1.807, 2.05) is 24.4 Å². The van der Waals surface area contributed by atoms with Crippen molar-refractivity contribution in [3.05, 3.63) is 47.8 Å². The van der Waals surface area contributed by atoms with Crippen LogP contribution in [0.3, 0.4) is 0 Å². The van der Waals surface area contributed by atoms with Gasteiger partial charge in [-0.15, -0.1) is 0 Å². The molecule has 1 amide bonds. The number of hydrogen-bond donors (Lipinski definition) is 0. The summed E-state index contributed by atoms with van der Waals surface area (Å²) in [6.45, 7) is 3.30. The number of ether oxygens (including phenoxy) is 1. The molecule has 0 bridgehead atoms. The van der Waals surface area contributed by atoms with E-state index in [-0.39, 0.29) is 5.41 Å². The average Bonchev–Trinajstić information content (AvgIpc) is 3.12. The van der Waals surface area contributed by atoms with Gasteiger partial charge in [-0.05, 0) is 50.0 Å². The van der Waals surface area contributed by atoms with Gasteiger partial charge in [0, 0.05) is 49.9 Å². The van der Waals surface area contributed by atoms with Crippen LogP contribution in [-0.4, -0.2) is 47.1 Å². The number of amides is 1. The first-order valence-electron chi connectivity index (χ1n) is 11.0. The topological polar surface area (TPSA) is 55.3 Å². The summed E-state index contributed by atoms with van der Waals surface area (Å²) in [4.78, 5) is 24.9. The molecule has 3 aliphatic rings. The SMILES string of the molecule is O=C(CC1CCOCC1)N1CCCC2(CCc3cnc(-c4ccccc4)nc32)C1. The van der Waals surface area contributed by atoms with Gasteiger partial charge >= 0.3 is 0 Å². The highest BCUT2D eigenvalue weighted by atomic mass is 16.5. The summed E-state index contributed by atoms with van der Waals surface area (Å²) in [6.07, 6.45) is 8.99. The normalized spacial score (nSPS) is 24.6. The molecule has 152 valence electrons. The van der Waals surface area contributed by atoms with Gasteiger partial charge in [-0.1, -0.05) is 30.3 Å². The molecule has 1 unspecified atom stereocenters. The molecule has 1 spiro atoms. The third-order valence-corrected chi connectivity index (χ3v) is 7.01. The highest BCUT2D eigenvalue weighted by Crippen LogP contribution is 2.44. The number of aryl methyl sites for hydroxylation is 1. The lowest BCUT2D eigenvalue weighted by Crippen LogP contribution is -2.48. The van der Waals surface area contributed by atoms with Crippen molar-refractivity contribution in [2.45, 2.75) is 50.4 Å². The number of carbonyl (C=O) groups is 1. The molecule has 0 radical (unpaired) electrons. The van der Waals surface area contributed by atoms with Crippen LogP contribution in [0.5, 0.6) is 0 Å². The van der Waals surface area contributed by atoms with Gasteiger partial charge in [0.25, 0.3) is 0 Å². The van der Waals surface area contributed by atoms with Crippen molar-refractivity contribution >= 4 is 5.91 Å². The first kappa shape index (κ1) is 18.7. The summed E-state index contributed by atoms with van der Waals surface area (Å²) >= 11 is 0. The second-order valence-electron chi connectivity index (χ2n) is 8.89. The van der Waals surface area contributed by atoms with Crippen molar-refractivity contribution in [1.29, 1.82) is 0 Å². The number of piperidine rings is 1. The van der Waals surface area contributed by atoms with E-state index in [0.29, 0.717) is 18.2 Å². The summed E-state index contributed by atoms with van der Waals surface area (Å²) in [6, 6.07) is 10.2. The smallest absolute Gasteiger partial charge is 0.222 e. The molecule has 1 aromatic carbocycles. The number of rotatable bonds is 3. The van der Waals surface area contributed by atoms with Gasteiger partial charge < -0.3 is 9.64 Å². The lowest BCUT2D eigenvalue weighted by molar-refractivity contribution is -0.135. The Labute approximate surface area is 172 Å². The largest absolute Gasteiger partial charge is 0.381 e. The summed E-state index contributed by atoms with van der Waals surface area (Å²) in [5.41, 5.74) is 3.52. The van der Waals surface area contributed by atoms with Crippen LogP contribution >= 0.6 is 0 Å². The molecule has 1 atom stereocenters. The fourth-order valence-electron chi connectivity index (χ4n) is 5.34. The molecule has 2 fully saturated rings. The number of fused-ring (bicyclic) bond motifs is 2. The molecule has 0 saturated carbocycles. The lowest BCUT2D eigenvalue weighted by Gasteiger charge is -2.41. The van der Waals surface area contributed by atoms with Gasteiger partial charge in [0.1, 0.15) is 0 Å². The molecule has 2 saturated heterocycles. The van der Waals surface area contributed by atoms with Crippen molar-refractivity contribution in [1.82, 2.24) is 14.9 Å². The fraction of sp³-hybridized carbons (Fsp3) is 0.542. The third-order valence-electron chi connectivity index (χ3n) is 7.01. The molecule has 1 aromatic heterocycles. The molecule has 5 heteroatoms. The van der Waals surface area contributed by atoms with E-state index < -0.39 is 0 Å². The van der Waals surface area contributed by atoms with Crippen LogP contribution in [0.25, 0.3) is 11.4 Å². The summed E-state index contributed by atoms with van der Waals surface area (Å²) < 4.78 is 5.45. The predicted molar refractivity (Wildman–Crippen MR) is 111 cm³/mol. The number of likely N-dealkylation sites (tertiary alicyclic amines) is 1. The Kier molecular flexibility index (Phi) is 5.08. The Morgan fingerprint density at radius 1 is 1.17 bits per heavy atom. The Morgan fingerprint density at radius 2 is 2.00 bits per heavy atom. The Balaban J connectivity index is 1.37. The monoisotopic (exact) mass is 391 g/mol. The number of aromatic nitrogens is 2. The predicted octanol–water partition coefficient (Wildman–Crippen LogP) is 3.77. The zero-order valence-electron chi connectivity index (χ0n) is 17.0. The van der Waals surface area contributed by atoms with Crippen LogP contribution < -0.4 is 0 Å². The standard InChI is InChI=1S/C24H29N3O2/c28-21(15-18-8-13-29-14-9-18)27-12-4-10-24(17-27)11-7-20-16-25-23(26-22(20)24)19-5-2-1-3-6-19/h1-3,5-6,16,18H,4,7-15,17H2. The second kappa shape index (κ2) is 7.86. The van der Waals surface area contributed by atoms with Crippen molar-refractivity contribution in [3.63, 3.8) is 0 Å². The molecule has 5 nitrogen and oxygen atoms in total. The van der Waals surface area contributed by atoms with E-state index in [4.69, 9.17) is 9.72 Å². The van der Waals surface area contributed by atoms with Gasteiger partial charge in [0.2, 0.25) is 5.91 Å². The second-order valence-corrected chi connectivity index (χ2v) is 8.89. The van der Waals surface area contributed by atoms with Crippen molar-refractivity contribution in [2.75, 3.05) is 26.3 Å². The maximum absolute atomic E-state index is 13.1.